The molecule has 1 atom stereocenters. The predicted octanol–water partition coefficient (Wildman–Crippen LogP) is 2.67. The van der Waals surface area contributed by atoms with E-state index < -0.39 is 0 Å². The number of amides is 2. The Bertz CT molecular complexity index is 628. The lowest BCUT2D eigenvalue weighted by Crippen LogP contribution is -2.48. The van der Waals surface area contributed by atoms with Gasteiger partial charge < -0.3 is 15.0 Å². The van der Waals surface area contributed by atoms with Crippen molar-refractivity contribution in [2.45, 2.75) is 64.5 Å². The number of nitrogens with one attached hydrogen (secondary N) is 1. The predicted molar refractivity (Wildman–Crippen MR) is 98.6 cm³/mol. The Morgan fingerprint density at radius 2 is 2.04 bits per heavy atom. The molecule has 6 heteroatoms. The summed E-state index contributed by atoms with van der Waals surface area (Å²) in [4.78, 5) is 31.6. The number of carbonyl (C=O) groups is 2. The Labute approximate surface area is 155 Å². The minimum atomic E-state index is -0.336. The molecular weight excluding hydrogens is 330 g/mol. The van der Waals surface area contributed by atoms with Gasteiger partial charge in [0.05, 0.1) is 6.61 Å². The first-order valence-corrected chi connectivity index (χ1v) is 9.85. The largest absolute Gasteiger partial charge is 0.478 e. The van der Waals surface area contributed by atoms with Gasteiger partial charge in [-0.05, 0) is 38.7 Å². The Hall–Kier alpha value is -2.11. The Balaban J connectivity index is 1.59. The van der Waals surface area contributed by atoms with Crippen LogP contribution in [0.15, 0.2) is 18.3 Å². The van der Waals surface area contributed by atoms with Gasteiger partial charge in [-0.15, -0.1) is 0 Å². The van der Waals surface area contributed by atoms with Crippen molar-refractivity contribution in [3.05, 3.63) is 23.9 Å². The molecule has 1 saturated carbocycles. The van der Waals surface area contributed by atoms with E-state index in [9.17, 15) is 9.59 Å². The van der Waals surface area contributed by atoms with E-state index >= 15 is 0 Å². The molecule has 26 heavy (non-hydrogen) atoms. The fourth-order valence-electron chi connectivity index (χ4n) is 4.01. The van der Waals surface area contributed by atoms with Crippen molar-refractivity contribution in [3.8, 4) is 5.88 Å². The van der Waals surface area contributed by atoms with Crippen LogP contribution in [0.5, 0.6) is 5.88 Å². The van der Waals surface area contributed by atoms with Gasteiger partial charge >= 0.3 is 0 Å². The van der Waals surface area contributed by atoms with Crippen molar-refractivity contribution < 1.29 is 14.3 Å². The highest BCUT2D eigenvalue weighted by molar-refractivity contribution is 5.89. The number of hydrogen-bond acceptors (Lipinski definition) is 4. The van der Waals surface area contributed by atoms with Crippen molar-refractivity contribution in [2.24, 2.45) is 5.92 Å². The van der Waals surface area contributed by atoms with Crippen LogP contribution in [0, 0.1) is 5.92 Å². The number of nitrogens with zero attached hydrogens (tertiary/aromatic N) is 2. The summed E-state index contributed by atoms with van der Waals surface area (Å²) in [5, 5.41) is 2.97. The van der Waals surface area contributed by atoms with Gasteiger partial charge in [0.25, 0.3) is 0 Å². The summed E-state index contributed by atoms with van der Waals surface area (Å²) in [6.07, 6.45) is 8.74. The Morgan fingerprint density at radius 3 is 2.81 bits per heavy atom. The van der Waals surface area contributed by atoms with Gasteiger partial charge in [-0.3, -0.25) is 9.59 Å². The summed E-state index contributed by atoms with van der Waals surface area (Å²) in [7, 11) is 0. The summed E-state index contributed by atoms with van der Waals surface area (Å²) in [6, 6.07) is 3.40. The summed E-state index contributed by atoms with van der Waals surface area (Å²) in [6.45, 7) is 3.50. The van der Waals surface area contributed by atoms with Gasteiger partial charge in [-0.25, -0.2) is 4.98 Å². The third-order valence-electron chi connectivity index (χ3n) is 5.38. The van der Waals surface area contributed by atoms with Gasteiger partial charge in [0.15, 0.2) is 0 Å². The summed E-state index contributed by atoms with van der Waals surface area (Å²) < 4.78 is 5.51. The fraction of sp³-hybridized carbons (Fsp3) is 0.650. The van der Waals surface area contributed by atoms with Crippen LogP contribution in [-0.4, -0.2) is 40.9 Å². The van der Waals surface area contributed by atoms with Crippen LogP contribution in [0.2, 0.25) is 0 Å². The van der Waals surface area contributed by atoms with E-state index in [2.05, 4.69) is 10.3 Å². The van der Waals surface area contributed by atoms with Gasteiger partial charge in [0, 0.05) is 30.8 Å². The molecule has 0 bridgehead atoms. The van der Waals surface area contributed by atoms with Crippen LogP contribution in [0.1, 0.15) is 57.4 Å². The fourth-order valence-corrected chi connectivity index (χ4v) is 4.01. The average Bonchev–Trinajstić information content (AvgIpc) is 3.17. The molecule has 1 N–H and O–H groups in total. The van der Waals surface area contributed by atoms with E-state index in [0.717, 1.165) is 44.1 Å². The summed E-state index contributed by atoms with van der Waals surface area (Å²) in [5.74, 6) is 0.772. The van der Waals surface area contributed by atoms with Gasteiger partial charge in [0.1, 0.15) is 6.04 Å². The van der Waals surface area contributed by atoms with Crippen LogP contribution < -0.4 is 10.1 Å². The third kappa shape index (κ3) is 4.34. The minimum absolute atomic E-state index is 0.0713. The van der Waals surface area contributed by atoms with Crippen molar-refractivity contribution in [1.82, 2.24) is 15.2 Å². The van der Waals surface area contributed by atoms with Crippen molar-refractivity contribution in [2.75, 3.05) is 13.2 Å². The lowest BCUT2D eigenvalue weighted by Gasteiger charge is -2.30. The monoisotopic (exact) mass is 359 g/mol. The normalized spacial score (nSPS) is 20.8. The Morgan fingerprint density at radius 1 is 1.23 bits per heavy atom. The standard InChI is InChI=1S/C20H29N3O3/c1-2-26-19-16(10-6-12-21-19)14-22-18(24)17-11-7-13-23(17)20(25)15-8-4-3-5-9-15/h6,10,12,15,17H,2-5,7-9,11,13-14H2,1H3,(H,22,24)/t17-/m0/s1. The van der Waals surface area contributed by atoms with Crippen LogP contribution >= 0.6 is 0 Å². The molecule has 2 amide bonds. The number of rotatable bonds is 6. The SMILES string of the molecule is CCOc1ncccc1CNC(=O)[C@@H]1CCCN1C(=O)C1CCCCC1. The smallest absolute Gasteiger partial charge is 0.243 e. The van der Waals surface area contributed by atoms with E-state index in [1.165, 1.54) is 6.42 Å². The molecule has 1 saturated heterocycles. The van der Waals surface area contributed by atoms with Crippen molar-refractivity contribution >= 4 is 11.8 Å². The third-order valence-corrected chi connectivity index (χ3v) is 5.38. The van der Waals surface area contributed by atoms with Crippen molar-refractivity contribution in [1.29, 1.82) is 0 Å². The molecule has 0 radical (unpaired) electrons. The zero-order valence-electron chi connectivity index (χ0n) is 15.6. The second kappa shape index (κ2) is 9.01. The zero-order valence-corrected chi connectivity index (χ0v) is 15.6. The second-order valence-corrected chi connectivity index (χ2v) is 7.14. The summed E-state index contributed by atoms with van der Waals surface area (Å²) in [5.41, 5.74) is 0.853. The van der Waals surface area contributed by atoms with Crippen LogP contribution in [-0.2, 0) is 16.1 Å². The molecule has 0 unspecified atom stereocenters. The molecule has 1 aromatic heterocycles. The number of likely N-dealkylation sites (tertiary alicyclic amines) is 1. The lowest BCUT2D eigenvalue weighted by molar-refractivity contribution is -0.142. The first kappa shape index (κ1) is 18.7. The average molecular weight is 359 g/mol. The molecule has 1 aliphatic carbocycles. The maximum absolute atomic E-state index is 12.8. The number of pyridine rings is 1. The van der Waals surface area contributed by atoms with E-state index in [1.54, 1.807) is 6.20 Å². The van der Waals surface area contributed by atoms with E-state index in [1.807, 2.05) is 24.0 Å². The molecule has 0 aromatic carbocycles. The van der Waals surface area contributed by atoms with E-state index in [4.69, 9.17) is 4.74 Å². The molecule has 1 aromatic rings. The number of aromatic nitrogens is 1. The van der Waals surface area contributed by atoms with Crippen LogP contribution in [0.3, 0.4) is 0 Å². The van der Waals surface area contributed by atoms with Crippen LogP contribution in [0.25, 0.3) is 0 Å². The van der Waals surface area contributed by atoms with Gasteiger partial charge in [-0.2, -0.15) is 0 Å². The molecule has 0 spiro atoms. The quantitative estimate of drug-likeness (QED) is 0.848. The summed E-state index contributed by atoms with van der Waals surface area (Å²) >= 11 is 0. The molecule has 6 nitrogen and oxygen atoms in total. The number of hydrogen-bond donors (Lipinski definition) is 1. The highest BCUT2D eigenvalue weighted by atomic mass is 16.5. The molecule has 1 aliphatic heterocycles. The molecule has 3 rings (SSSR count). The lowest BCUT2D eigenvalue weighted by atomic mass is 9.88. The molecular formula is C20H29N3O3. The molecule has 2 heterocycles. The zero-order chi connectivity index (χ0) is 18.4. The minimum Gasteiger partial charge on any atom is -0.478 e. The van der Waals surface area contributed by atoms with Gasteiger partial charge in [-0.1, -0.05) is 25.3 Å². The van der Waals surface area contributed by atoms with Crippen LogP contribution in [0.4, 0.5) is 0 Å². The molecule has 2 aliphatic rings. The highest BCUT2D eigenvalue weighted by Gasteiger charge is 2.37. The maximum Gasteiger partial charge on any atom is 0.243 e. The second-order valence-electron chi connectivity index (χ2n) is 7.14. The molecule has 142 valence electrons. The number of ether oxygens (including phenoxy) is 1. The molecule has 2 fully saturated rings. The number of carbonyl (C=O) groups excluding carboxylic acids is 2. The first-order valence-electron chi connectivity index (χ1n) is 9.85. The first-order chi connectivity index (χ1) is 12.7. The van der Waals surface area contributed by atoms with E-state index in [-0.39, 0.29) is 23.8 Å². The maximum atomic E-state index is 12.8. The van der Waals surface area contributed by atoms with Gasteiger partial charge in [0.2, 0.25) is 17.7 Å². The Kier molecular flexibility index (Phi) is 6.47. The van der Waals surface area contributed by atoms with Crippen molar-refractivity contribution in [3.63, 3.8) is 0 Å². The highest BCUT2D eigenvalue weighted by Crippen LogP contribution is 2.29. The topological polar surface area (TPSA) is 71.5 Å². The van der Waals surface area contributed by atoms with E-state index in [0.29, 0.717) is 25.6 Å².